The van der Waals surface area contributed by atoms with Crippen LogP contribution in [-0.4, -0.2) is 24.9 Å². The van der Waals surface area contributed by atoms with Crippen LogP contribution in [0.4, 0.5) is 0 Å². The first-order chi connectivity index (χ1) is 17.4. The molecule has 4 rings (SSSR count). The smallest absolute Gasteiger partial charge is 0.210 e. The number of fused-ring (bicyclic) bond motifs is 1. The summed E-state index contributed by atoms with van der Waals surface area (Å²) in [5, 5.41) is 0. The van der Waals surface area contributed by atoms with Crippen LogP contribution in [0.3, 0.4) is 0 Å². The van der Waals surface area contributed by atoms with Crippen molar-refractivity contribution in [1.82, 2.24) is 0 Å². The first-order valence-corrected chi connectivity index (χ1v) is 13.7. The Kier molecular flexibility index (Phi) is 13.0. The lowest BCUT2D eigenvalue weighted by atomic mass is 9.88. The van der Waals surface area contributed by atoms with E-state index in [-0.39, 0.29) is 12.5 Å². The van der Waals surface area contributed by atoms with E-state index in [2.05, 4.69) is 82.8 Å². The van der Waals surface area contributed by atoms with E-state index >= 15 is 0 Å². The zero-order valence-corrected chi connectivity index (χ0v) is 23.1. The molecule has 2 aliphatic rings. The van der Waals surface area contributed by atoms with Gasteiger partial charge < -0.3 is 19.9 Å². The largest absolute Gasteiger partial charge is 0.462 e. The Bertz CT molecular complexity index is 884. The highest BCUT2D eigenvalue weighted by molar-refractivity contribution is 5.66. The van der Waals surface area contributed by atoms with E-state index in [0.717, 1.165) is 55.9 Å². The van der Waals surface area contributed by atoms with Crippen LogP contribution in [0.2, 0.25) is 0 Å². The monoisotopic (exact) mass is 497 g/mol. The molecule has 2 N–H and O–H groups in total. The molecule has 0 saturated heterocycles. The maximum absolute atomic E-state index is 8.58. The van der Waals surface area contributed by atoms with Gasteiger partial charge in [-0.15, -0.1) is 0 Å². The molecule has 1 saturated carbocycles. The van der Waals surface area contributed by atoms with Crippen molar-refractivity contribution in [2.45, 2.75) is 104 Å². The molecule has 0 bridgehead atoms. The third kappa shape index (κ3) is 9.59. The van der Waals surface area contributed by atoms with E-state index in [9.17, 15) is 0 Å². The first kappa shape index (κ1) is 29.9. The van der Waals surface area contributed by atoms with Gasteiger partial charge in [-0.3, -0.25) is 4.79 Å². The molecule has 1 fully saturated rings. The number of nitrogens with two attached hydrogens (primary N) is 1. The summed E-state index contributed by atoms with van der Waals surface area (Å²) >= 11 is 0. The molecule has 200 valence electrons. The summed E-state index contributed by atoms with van der Waals surface area (Å²) < 4.78 is 18.2. The average molecular weight is 498 g/mol. The Labute approximate surface area is 218 Å². The zero-order chi connectivity index (χ0) is 26.4. The predicted molar refractivity (Wildman–Crippen MR) is 148 cm³/mol. The van der Waals surface area contributed by atoms with Gasteiger partial charge in [-0.05, 0) is 67.9 Å². The molecule has 0 unspecified atom stereocenters. The summed E-state index contributed by atoms with van der Waals surface area (Å²) in [4.78, 5) is 8.58. The van der Waals surface area contributed by atoms with Gasteiger partial charge in [0.2, 0.25) is 12.2 Å². The molecule has 0 atom stereocenters. The van der Waals surface area contributed by atoms with Crippen molar-refractivity contribution >= 4 is 6.41 Å². The van der Waals surface area contributed by atoms with E-state index in [0.29, 0.717) is 6.61 Å². The lowest BCUT2D eigenvalue weighted by Gasteiger charge is -2.38. The highest BCUT2D eigenvalue weighted by atomic mass is 16.7. The molecule has 1 aliphatic carbocycles. The van der Waals surface area contributed by atoms with Gasteiger partial charge in [0.05, 0.1) is 19.3 Å². The normalized spacial score (nSPS) is 15.8. The van der Waals surface area contributed by atoms with Crippen molar-refractivity contribution < 1.29 is 19.0 Å². The fourth-order valence-corrected chi connectivity index (χ4v) is 4.43. The van der Waals surface area contributed by atoms with Gasteiger partial charge in [-0.25, -0.2) is 0 Å². The molecular formula is C31H47NO4. The topological polar surface area (TPSA) is 70.8 Å². The second-order valence-corrected chi connectivity index (χ2v) is 10.2. The number of hydrogen-bond acceptors (Lipinski definition) is 4. The third-order valence-electron chi connectivity index (χ3n) is 6.63. The summed E-state index contributed by atoms with van der Waals surface area (Å²) in [6, 6.07) is 15.2. The van der Waals surface area contributed by atoms with Crippen molar-refractivity contribution in [2.75, 3.05) is 6.61 Å². The minimum atomic E-state index is -0.447. The molecule has 0 radical (unpaired) electrons. The van der Waals surface area contributed by atoms with Gasteiger partial charge in [0.15, 0.2) is 0 Å². The van der Waals surface area contributed by atoms with Crippen LogP contribution in [0.5, 0.6) is 5.75 Å². The van der Waals surface area contributed by atoms with E-state index in [1.165, 1.54) is 36.0 Å². The Morgan fingerprint density at radius 1 is 1.06 bits per heavy atom. The number of hydrogen-bond donors (Lipinski definition) is 1. The molecule has 2 aromatic carbocycles. The standard InChI is InChI=1S/C25H34O3.C5H10.CH3NO/c1-5-14-25(15-6-2)27-18-23-17-22(11-12-24(23)28-25)21-9-7-20(8-10-21)13-16-26-19(3)4;1-5-3-2-4-5;2-1-3/h7-12,17,19H,5-6,13-16,18H2,1-4H3;5H,2-4H2,1H3;1H,(H2,2,3). The predicted octanol–water partition coefficient (Wildman–Crippen LogP) is 7.43. The molecule has 36 heavy (non-hydrogen) atoms. The van der Waals surface area contributed by atoms with Gasteiger partial charge in [0.25, 0.3) is 0 Å². The second kappa shape index (κ2) is 15.7. The van der Waals surface area contributed by atoms with Gasteiger partial charge in [0.1, 0.15) is 5.75 Å². The maximum Gasteiger partial charge on any atom is 0.210 e. The Balaban J connectivity index is 0.000000490. The number of ether oxygens (including phenoxy) is 3. The molecule has 1 aliphatic heterocycles. The molecule has 5 heteroatoms. The van der Waals surface area contributed by atoms with E-state index < -0.39 is 5.79 Å². The molecule has 1 heterocycles. The molecule has 5 nitrogen and oxygen atoms in total. The van der Waals surface area contributed by atoms with E-state index in [1.807, 2.05) is 0 Å². The minimum Gasteiger partial charge on any atom is -0.462 e. The van der Waals surface area contributed by atoms with Crippen LogP contribution in [0.25, 0.3) is 11.1 Å². The maximum atomic E-state index is 8.58. The fraction of sp³-hybridized carbons (Fsp3) is 0.581. The molecule has 1 amide bonds. The Morgan fingerprint density at radius 3 is 2.14 bits per heavy atom. The van der Waals surface area contributed by atoms with Gasteiger partial charge in [-0.2, -0.15) is 0 Å². The lowest BCUT2D eigenvalue weighted by molar-refractivity contribution is -0.214. The van der Waals surface area contributed by atoms with E-state index in [1.54, 1.807) is 0 Å². The molecular weight excluding hydrogens is 450 g/mol. The zero-order valence-electron chi connectivity index (χ0n) is 23.1. The average Bonchev–Trinajstić information content (AvgIpc) is 2.84. The second-order valence-electron chi connectivity index (χ2n) is 10.2. The molecule has 0 aromatic heterocycles. The minimum absolute atomic E-state index is 0.250. The van der Waals surface area contributed by atoms with Gasteiger partial charge in [-0.1, -0.05) is 70.4 Å². The van der Waals surface area contributed by atoms with Crippen LogP contribution in [0.15, 0.2) is 42.5 Å². The number of rotatable bonds is 9. The number of carbonyl (C=O) groups is 1. The Morgan fingerprint density at radius 2 is 1.64 bits per heavy atom. The first-order valence-electron chi connectivity index (χ1n) is 13.7. The quantitative estimate of drug-likeness (QED) is 0.366. The van der Waals surface area contributed by atoms with Crippen molar-refractivity contribution in [2.24, 2.45) is 11.7 Å². The fourth-order valence-electron chi connectivity index (χ4n) is 4.43. The molecule has 0 spiro atoms. The summed E-state index contributed by atoms with van der Waals surface area (Å²) in [7, 11) is 0. The number of primary amides is 1. The number of benzene rings is 2. The summed E-state index contributed by atoms with van der Waals surface area (Å²) in [5.74, 6) is 1.59. The van der Waals surface area contributed by atoms with Crippen LogP contribution < -0.4 is 10.5 Å². The lowest BCUT2D eigenvalue weighted by Crippen LogP contribution is -2.41. The van der Waals surface area contributed by atoms with Crippen LogP contribution in [-0.2, 0) is 27.3 Å². The van der Waals surface area contributed by atoms with Crippen molar-refractivity contribution in [1.29, 1.82) is 0 Å². The van der Waals surface area contributed by atoms with Gasteiger partial charge in [0, 0.05) is 18.4 Å². The van der Waals surface area contributed by atoms with Crippen LogP contribution >= 0.6 is 0 Å². The number of carbonyl (C=O) groups excluding carboxylic acids is 1. The third-order valence-corrected chi connectivity index (χ3v) is 6.63. The number of amides is 1. The van der Waals surface area contributed by atoms with Crippen molar-refractivity contribution in [3.63, 3.8) is 0 Å². The summed E-state index contributed by atoms with van der Waals surface area (Å²) in [5.41, 5.74) is 9.03. The van der Waals surface area contributed by atoms with E-state index in [4.69, 9.17) is 19.0 Å². The van der Waals surface area contributed by atoms with Crippen LogP contribution in [0, 0.1) is 5.92 Å². The highest BCUT2D eigenvalue weighted by Gasteiger charge is 2.36. The highest BCUT2D eigenvalue weighted by Crippen LogP contribution is 2.38. The van der Waals surface area contributed by atoms with Crippen molar-refractivity contribution in [3.8, 4) is 16.9 Å². The summed E-state index contributed by atoms with van der Waals surface area (Å²) in [6.07, 6.45) is 9.92. The van der Waals surface area contributed by atoms with Crippen molar-refractivity contribution in [3.05, 3.63) is 53.6 Å². The summed E-state index contributed by atoms with van der Waals surface area (Å²) in [6.45, 7) is 12.2. The SMILES string of the molecule is CC1CCC1.CCCC1(CCC)OCc2cc(-c3ccc(CCOC(C)C)cc3)ccc2O1.NC=O. The van der Waals surface area contributed by atoms with Crippen LogP contribution in [0.1, 0.15) is 90.7 Å². The van der Waals surface area contributed by atoms with Gasteiger partial charge >= 0.3 is 0 Å². The Hall–Kier alpha value is -2.37. The molecule has 2 aromatic rings.